The second-order valence-electron chi connectivity index (χ2n) is 10.5. The Balaban J connectivity index is 0.000000181. The van der Waals surface area contributed by atoms with Crippen LogP contribution in [0.4, 0.5) is 11.5 Å². The van der Waals surface area contributed by atoms with Gasteiger partial charge in [-0.05, 0) is 107 Å². The number of anilines is 2. The Labute approximate surface area is 220 Å². The van der Waals surface area contributed by atoms with Crippen molar-refractivity contribution in [1.82, 2.24) is 20.2 Å². The first-order valence-corrected chi connectivity index (χ1v) is 14.2. The molecule has 0 spiro atoms. The maximum Gasteiger partial charge on any atom is 0.346 e. The number of hydrogen-bond donors (Lipinski definition) is 5. The van der Waals surface area contributed by atoms with Crippen molar-refractivity contribution in [3.8, 4) is 11.5 Å². The van der Waals surface area contributed by atoms with Gasteiger partial charge < -0.3 is 31.7 Å². The summed E-state index contributed by atoms with van der Waals surface area (Å²) in [5.74, 6) is 3.37. The topological polar surface area (TPSA) is 134 Å². The molecule has 0 amide bonds. The van der Waals surface area contributed by atoms with Gasteiger partial charge in [-0.25, -0.2) is 4.79 Å². The number of aromatic nitrogens is 2. The van der Waals surface area contributed by atoms with Crippen molar-refractivity contribution in [2.45, 2.75) is 63.7 Å². The molecular weight excluding hydrogens is 466 g/mol. The van der Waals surface area contributed by atoms with Crippen LogP contribution in [0.25, 0.3) is 0 Å². The third-order valence-electron chi connectivity index (χ3n) is 7.67. The van der Waals surface area contributed by atoms with E-state index >= 15 is 0 Å². The third kappa shape index (κ3) is 8.26. The lowest BCUT2D eigenvalue weighted by Crippen LogP contribution is -2.34. The molecule has 1 aliphatic carbocycles. The van der Waals surface area contributed by atoms with Crippen LogP contribution in [0.2, 0.25) is 0 Å². The summed E-state index contributed by atoms with van der Waals surface area (Å²) in [5, 5.41) is 6.60. The van der Waals surface area contributed by atoms with Crippen LogP contribution in [0.5, 0.6) is 11.5 Å². The minimum atomic E-state index is -0.386. The van der Waals surface area contributed by atoms with Crippen LogP contribution in [0, 0.1) is 5.92 Å². The number of nitrogens with zero attached hydrogens (tertiary/aromatic N) is 2. The number of nitrogens with one attached hydrogen (secondary N) is 3. The molecule has 0 atom stereocenters. The van der Waals surface area contributed by atoms with Crippen LogP contribution in [0.3, 0.4) is 0 Å². The molecule has 7 N–H and O–H groups in total. The molecule has 2 aromatic rings. The minimum absolute atomic E-state index is 0.386. The Kier molecular flexibility index (Phi) is 10.8. The van der Waals surface area contributed by atoms with Gasteiger partial charge in [0.15, 0.2) is 17.3 Å². The highest BCUT2D eigenvalue weighted by molar-refractivity contribution is 5.73. The first-order chi connectivity index (χ1) is 18.2. The molecule has 0 bridgehead atoms. The molecule has 1 saturated carbocycles. The van der Waals surface area contributed by atoms with Crippen molar-refractivity contribution in [3.05, 3.63) is 40.4 Å². The minimum Gasteiger partial charge on any atom is -0.450 e. The van der Waals surface area contributed by atoms with Crippen LogP contribution in [-0.2, 0) is 0 Å². The zero-order valence-corrected chi connectivity index (χ0v) is 22.1. The summed E-state index contributed by atoms with van der Waals surface area (Å²) in [6, 6.07) is 6.22. The van der Waals surface area contributed by atoms with Gasteiger partial charge in [0.25, 0.3) is 0 Å². The lowest BCUT2D eigenvalue weighted by atomic mass is 9.89. The van der Waals surface area contributed by atoms with Gasteiger partial charge >= 0.3 is 5.69 Å². The molecular formula is C28H45N7O2. The predicted octanol–water partition coefficient (Wildman–Crippen LogP) is 3.65. The summed E-state index contributed by atoms with van der Waals surface area (Å²) < 4.78 is 5.77. The zero-order chi connectivity index (χ0) is 25.9. The molecule has 2 fully saturated rings. The molecule has 0 radical (unpaired) electrons. The van der Waals surface area contributed by atoms with Crippen molar-refractivity contribution in [2.75, 3.05) is 51.1 Å². The summed E-state index contributed by atoms with van der Waals surface area (Å²) in [5.41, 5.74) is 13.0. The van der Waals surface area contributed by atoms with Gasteiger partial charge in [0, 0.05) is 6.54 Å². The lowest BCUT2D eigenvalue weighted by Gasteiger charge is -2.29. The molecule has 0 unspecified atom stereocenters. The average Bonchev–Trinajstić information content (AvgIpc) is 2.94. The summed E-state index contributed by atoms with van der Waals surface area (Å²) in [6.45, 7) is 7.34. The van der Waals surface area contributed by atoms with Gasteiger partial charge in [-0.3, -0.25) is 4.98 Å². The number of nitrogens with two attached hydrogens (primary N) is 2. The van der Waals surface area contributed by atoms with Crippen molar-refractivity contribution in [3.63, 3.8) is 0 Å². The van der Waals surface area contributed by atoms with Gasteiger partial charge in [-0.1, -0.05) is 25.3 Å². The maximum absolute atomic E-state index is 11.3. The van der Waals surface area contributed by atoms with Crippen molar-refractivity contribution in [2.24, 2.45) is 17.4 Å². The summed E-state index contributed by atoms with van der Waals surface area (Å²) in [7, 11) is 0. The van der Waals surface area contributed by atoms with E-state index in [0.29, 0.717) is 17.5 Å². The second kappa shape index (κ2) is 14.5. The number of hydrogen-bond acceptors (Lipinski definition) is 8. The van der Waals surface area contributed by atoms with Crippen molar-refractivity contribution in [1.29, 1.82) is 0 Å². The Morgan fingerprint density at radius 2 is 1.70 bits per heavy atom. The van der Waals surface area contributed by atoms with E-state index in [1.807, 2.05) is 6.07 Å². The van der Waals surface area contributed by atoms with Crippen LogP contribution >= 0.6 is 0 Å². The highest BCUT2D eigenvalue weighted by Crippen LogP contribution is 2.41. The number of aromatic amines is 1. The summed E-state index contributed by atoms with van der Waals surface area (Å²) in [6.07, 6.45) is 13.2. The van der Waals surface area contributed by atoms with E-state index < -0.39 is 0 Å². The van der Waals surface area contributed by atoms with Crippen molar-refractivity contribution < 1.29 is 4.74 Å². The summed E-state index contributed by atoms with van der Waals surface area (Å²) in [4.78, 5) is 20.2. The molecule has 3 aliphatic rings. The van der Waals surface area contributed by atoms with Crippen molar-refractivity contribution >= 4 is 11.5 Å². The molecule has 204 valence electrons. The maximum atomic E-state index is 11.3. The number of ether oxygens (including phenoxy) is 1. The number of benzene rings is 1. The average molecular weight is 512 g/mol. The highest BCUT2D eigenvalue weighted by Gasteiger charge is 2.21. The highest BCUT2D eigenvalue weighted by atomic mass is 16.5. The molecule has 1 saturated heterocycles. The van der Waals surface area contributed by atoms with Crippen LogP contribution in [0.15, 0.2) is 29.2 Å². The quantitative estimate of drug-likeness (QED) is 0.294. The van der Waals surface area contributed by atoms with Gasteiger partial charge in [0.05, 0.1) is 11.9 Å². The van der Waals surface area contributed by atoms with Crippen LogP contribution in [0.1, 0.15) is 69.3 Å². The van der Waals surface area contributed by atoms with Gasteiger partial charge in [-0.15, -0.1) is 0 Å². The van der Waals surface area contributed by atoms with Crippen LogP contribution in [-0.4, -0.2) is 60.7 Å². The van der Waals surface area contributed by atoms with E-state index in [2.05, 4.69) is 37.6 Å². The zero-order valence-electron chi connectivity index (χ0n) is 22.1. The Bertz CT molecular complexity index is 1010. The Hall–Kier alpha value is -2.46. The number of fused-ring (bicyclic) bond motifs is 2. The third-order valence-corrected chi connectivity index (χ3v) is 7.67. The van der Waals surface area contributed by atoms with E-state index in [1.165, 1.54) is 50.4 Å². The molecule has 9 nitrogen and oxygen atoms in total. The van der Waals surface area contributed by atoms with Gasteiger partial charge in [0.2, 0.25) is 0 Å². The number of rotatable bonds is 9. The molecule has 1 aromatic heterocycles. The smallest absolute Gasteiger partial charge is 0.346 e. The largest absolute Gasteiger partial charge is 0.450 e. The van der Waals surface area contributed by atoms with E-state index in [0.717, 1.165) is 82.3 Å². The molecule has 2 aliphatic heterocycles. The van der Waals surface area contributed by atoms with E-state index in [-0.39, 0.29) is 5.69 Å². The van der Waals surface area contributed by atoms with E-state index in [1.54, 1.807) is 0 Å². The standard InChI is InChI=1S/C15H16N4O2.C13H29N3/c20-15-17-8-13-14(19-15)18-11-7-10(1-2-12(11)21-13)9-3-5-16-6-4-9;14-8-4-10-16(11-5-9-15)12-13-6-2-1-3-7-13/h1-2,7-9,16H,3-6H2,(H2,17,18,19,20);13H,1-12,14-15H2. The first kappa shape index (κ1) is 27.6. The SMILES string of the molecule is NCCCN(CCCN)CC1CCCCC1.O=c1ncc2c([nH]1)Nc1cc(C3CCNCC3)ccc1O2. The molecule has 5 rings (SSSR count). The second-order valence-corrected chi connectivity index (χ2v) is 10.5. The van der Waals surface area contributed by atoms with E-state index in [9.17, 15) is 4.79 Å². The fraction of sp³-hybridized carbons (Fsp3) is 0.643. The monoisotopic (exact) mass is 511 g/mol. The number of piperidine rings is 1. The Morgan fingerprint density at radius 1 is 0.973 bits per heavy atom. The van der Waals surface area contributed by atoms with Crippen LogP contribution < -0.4 is 32.5 Å². The van der Waals surface area contributed by atoms with Gasteiger partial charge in [0.1, 0.15) is 0 Å². The first-order valence-electron chi connectivity index (χ1n) is 14.2. The fourth-order valence-electron chi connectivity index (χ4n) is 5.61. The molecule has 37 heavy (non-hydrogen) atoms. The molecule has 3 heterocycles. The van der Waals surface area contributed by atoms with E-state index in [4.69, 9.17) is 16.2 Å². The summed E-state index contributed by atoms with van der Waals surface area (Å²) >= 11 is 0. The predicted molar refractivity (Wildman–Crippen MR) is 150 cm³/mol. The Morgan fingerprint density at radius 3 is 2.41 bits per heavy atom. The number of H-pyrrole nitrogens is 1. The molecule has 9 heteroatoms. The normalized spacial score (nSPS) is 17.7. The fourth-order valence-corrected chi connectivity index (χ4v) is 5.61. The van der Waals surface area contributed by atoms with Gasteiger partial charge in [-0.2, -0.15) is 4.98 Å². The molecule has 1 aromatic carbocycles. The lowest BCUT2D eigenvalue weighted by molar-refractivity contribution is 0.198.